The summed E-state index contributed by atoms with van der Waals surface area (Å²) in [5.74, 6) is -0.973. The lowest BCUT2D eigenvalue weighted by molar-refractivity contribution is -0.136. The van der Waals surface area contributed by atoms with Gasteiger partial charge >= 0.3 is 12.0 Å². The third-order valence-electron chi connectivity index (χ3n) is 3.24. The molecule has 0 aliphatic carbocycles. The van der Waals surface area contributed by atoms with E-state index in [1.807, 2.05) is 24.3 Å². The maximum atomic E-state index is 11.4. The molecule has 0 heterocycles. The van der Waals surface area contributed by atoms with Crippen molar-refractivity contribution in [1.29, 1.82) is 0 Å². The first kappa shape index (κ1) is 18.0. The molecular weight excluding hydrogens is 284 g/mol. The summed E-state index contributed by atoms with van der Waals surface area (Å²) in [6.45, 7) is 6.45. The molecular formula is C16H24N2O4. The van der Waals surface area contributed by atoms with Crippen molar-refractivity contribution < 1.29 is 19.8 Å². The molecule has 0 radical (unpaired) electrons. The minimum Gasteiger partial charge on any atom is -0.481 e. The second-order valence-electron chi connectivity index (χ2n) is 6.17. The highest BCUT2D eigenvalue weighted by atomic mass is 16.4. The van der Waals surface area contributed by atoms with Crippen LogP contribution in [0.4, 0.5) is 4.79 Å². The summed E-state index contributed by atoms with van der Waals surface area (Å²) in [4.78, 5) is 21.7. The summed E-state index contributed by atoms with van der Waals surface area (Å²) in [6, 6.07) is 7.12. The molecule has 0 spiro atoms. The van der Waals surface area contributed by atoms with E-state index in [0.29, 0.717) is 0 Å². The predicted molar refractivity (Wildman–Crippen MR) is 83.8 cm³/mol. The number of hydrogen-bond acceptors (Lipinski definition) is 3. The van der Waals surface area contributed by atoms with Gasteiger partial charge in [0.25, 0.3) is 0 Å². The third-order valence-corrected chi connectivity index (χ3v) is 3.24. The van der Waals surface area contributed by atoms with Crippen LogP contribution < -0.4 is 10.6 Å². The monoisotopic (exact) mass is 308 g/mol. The average molecular weight is 308 g/mol. The normalized spacial score (nSPS) is 12.5. The predicted octanol–water partition coefficient (Wildman–Crippen LogP) is 1.79. The Bertz CT molecular complexity index is 506. The zero-order chi connectivity index (χ0) is 16.8. The number of carboxylic acids is 1. The largest absolute Gasteiger partial charge is 0.481 e. The van der Waals surface area contributed by atoms with Gasteiger partial charge in [0, 0.05) is 13.1 Å². The molecule has 0 aromatic heterocycles. The minimum absolute atomic E-state index is 0.0474. The van der Waals surface area contributed by atoms with Gasteiger partial charge in [-0.1, -0.05) is 45.0 Å². The Hall–Kier alpha value is -2.08. The summed E-state index contributed by atoms with van der Waals surface area (Å²) in [7, 11) is 0. The van der Waals surface area contributed by atoms with Gasteiger partial charge in [-0.3, -0.25) is 4.79 Å². The van der Waals surface area contributed by atoms with Gasteiger partial charge in [0.15, 0.2) is 0 Å². The molecule has 0 bridgehead atoms. The van der Waals surface area contributed by atoms with Crippen molar-refractivity contribution in [3.63, 3.8) is 0 Å². The number of carbonyl (C=O) groups excluding carboxylic acids is 1. The molecule has 1 aromatic rings. The van der Waals surface area contributed by atoms with Crippen LogP contribution in [0.3, 0.4) is 0 Å². The molecule has 0 aliphatic rings. The van der Waals surface area contributed by atoms with Gasteiger partial charge in [0.05, 0.1) is 12.5 Å². The van der Waals surface area contributed by atoms with E-state index in [-0.39, 0.29) is 24.9 Å². The fourth-order valence-corrected chi connectivity index (χ4v) is 1.86. The van der Waals surface area contributed by atoms with Crippen molar-refractivity contribution in [2.24, 2.45) is 0 Å². The molecule has 1 atom stereocenters. The van der Waals surface area contributed by atoms with Crippen molar-refractivity contribution in [1.82, 2.24) is 10.6 Å². The van der Waals surface area contributed by atoms with E-state index in [9.17, 15) is 14.7 Å². The van der Waals surface area contributed by atoms with Crippen LogP contribution in [0.15, 0.2) is 24.3 Å². The number of amides is 2. The highest BCUT2D eigenvalue weighted by Crippen LogP contribution is 2.23. The second-order valence-corrected chi connectivity index (χ2v) is 6.17. The number of aliphatic hydroxyl groups is 1. The number of aliphatic carboxylic acids is 1. The number of urea groups is 1. The quantitative estimate of drug-likeness (QED) is 0.644. The smallest absolute Gasteiger partial charge is 0.314 e. The van der Waals surface area contributed by atoms with E-state index >= 15 is 0 Å². The van der Waals surface area contributed by atoms with Crippen LogP contribution in [0.1, 0.15) is 44.4 Å². The Balaban J connectivity index is 2.43. The average Bonchev–Trinajstić information content (AvgIpc) is 2.43. The molecule has 2 amide bonds. The first-order valence-electron chi connectivity index (χ1n) is 7.22. The minimum atomic E-state index is -0.973. The Morgan fingerprint density at radius 2 is 1.73 bits per heavy atom. The van der Waals surface area contributed by atoms with Crippen molar-refractivity contribution in [2.75, 3.05) is 13.1 Å². The second kappa shape index (κ2) is 7.79. The number of aliphatic hydroxyl groups excluding tert-OH is 1. The number of benzene rings is 1. The Morgan fingerprint density at radius 1 is 1.14 bits per heavy atom. The molecule has 0 fully saturated rings. The van der Waals surface area contributed by atoms with Crippen molar-refractivity contribution in [3.8, 4) is 0 Å². The van der Waals surface area contributed by atoms with Gasteiger partial charge < -0.3 is 20.8 Å². The van der Waals surface area contributed by atoms with Crippen LogP contribution >= 0.6 is 0 Å². The lowest BCUT2D eigenvalue weighted by Gasteiger charge is -2.20. The van der Waals surface area contributed by atoms with E-state index in [1.54, 1.807) is 0 Å². The van der Waals surface area contributed by atoms with E-state index in [2.05, 4.69) is 31.4 Å². The van der Waals surface area contributed by atoms with E-state index in [0.717, 1.165) is 5.56 Å². The van der Waals surface area contributed by atoms with Crippen LogP contribution in [0.2, 0.25) is 0 Å². The van der Waals surface area contributed by atoms with Gasteiger partial charge in [0.2, 0.25) is 0 Å². The first-order valence-corrected chi connectivity index (χ1v) is 7.22. The van der Waals surface area contributed by atoms with E-state index < -0.39 is 18.1 Å². The number of carbonyl (C=O) groups is 2. The van der Waals surface area contributed by atoms with Gasteiger partial charge in [-0.25, -0.2) is 4.79 Å². The molecule has 0 saturated heterocycles. The number of nitrogens with one attached hydrogen (secondary N) is 2. The summed E-state index contributed by atoms with van der Waals surface area (Å²) in [5.41, 5.74) is 1.94. The van der Waals surface area contributed by atoms with Gasteiger partial charge in [-0.2, -0.15) is 0 Å². The zero-order valence-corrected chi connectivity index (χ0v) is 13.2. The Labute approximate surface area is 130 Å². The van der Waals surface area contributed by atoms with E-state index in [4.69, 9.17) is 5.11 Å². The van der Waals surface area contributed by atoms with Gasteiger partial charge in [-0.05, 0) is 16.5 Å². The number of carboxylic acid groups (broad SMARTS) is 1. The zero-order valence-electron chi connectivity index (χ0n) is 13.2. The number of rotatable bonds is 6. The highest BCUT2D eigenvalue weighted by molar-refractivity contribution is 5.75. The molecule has 4 N–H and O–H groups in total. The fraction of sp³-hybridized carbons (Fsp3) is 0.500. The first-order chi connectivity index (χ1) is 10.2. The summed E-state index contributed by atoms with van der Waals surface area (Å²) >= 11 is 0. The van der Waals surface area contributed by atoms with E-state index in [1.165, 1.54) is 5.56 Å². The number of hydrogen-bond donors (Lipinski definition) is 4. The molecule has 1 rings (SSSR count). The fourth-order valence-electron chi connectivity index (χ4n) is 1.86. The SMILES string of the molecule is CC(C)(C)c1ccc(C(O)CNC(=O)NCCC(=O)O)cc1. The standard InChI is InChI=1S/C16H24N2O4/c1-16(2,3)12-6-4-11(5-7-12)13(19)10-18-15(22)17-9-8-14(20)21/h4-7,13,19H,8-10H2,1-3H3,(H,20,21)(H2,17,18,22). The van der Waals surface area contributed by atoms with Crippen LogP contribution in [0, 0.1) is 0 Å². The lowest BCUT2D eigenvalue weighted by atomic mass is 9.86. The van der Waals surface area contributed by atoms with Gasteiger partial charge in [0.1, 0.15) is 0 Å². The highest BCUT2D eigenvalue weighted by Gasteiger charge is 2.15. The van der Waals surface area contributed by atoms with Crippen molar-refractivity contribution >= 4 is 12.0 Å². The van der Waals surface area contributed by atoms with Gasteiger partial charge in [-0.15, -0.1) is 0 Å². The van der Waals surface area contributed by atoms with Crippen LogP contribution in [0.25, 0.3) is 0 Å². The maximum absolute atomic E-state index is 11.4. The summed E-state index contributed by atoms with van der Waals surface area (Å²) in [5, 5.41) is 23.4. The van der Waals surface area contributed by atoms with Crippen molar-refractivity contribution in [3.05, 3.63) is 35.4 Å². The molecule has 6 heteroatoms. The summed E-state index contributed by atoms with van der Waals surface area (Å²) in [6.07, 6.45) is -0.941. The van der Waals surface area contributed by atoms with Crippen LogP contribution in [-0.2, 0) is 10.2 Å². The molecule has 22 heavy (non-hydrogen) atoms. The third kappa shape index (κ3) is 6.13. The molecule has 1 aromatic carbocycles. The van der Waals surface area contributed by atoms with Crippen LogP contribution in [0.5, 0.6) is 0 Å². The maximum Gasteiger partial charge on any atom is 0.314 e. The molecule has 122 valence electrons. The Morgan fingerprint density at radius 3 is 2.23 bits per heavy atom. The topological polar surface area (TPSA) is 98.7 Å². The molecule has 0 saturated carbocycles. The summed E-state index contributed by atoms with van der Waals surface area (Å²) < 4.78 is 0. The van der Waals surface area contributed by atoms with Crippen LogP contribution in [-0.4, -0.2) is 35.3 Å². The molecule has 6 nitrogen and oxygen atoms in total. The lowest BCUT2D eigenvalue weighted by Crippen LogP contribution is -2.38. The Kier molecular flexibility index (Phi) is 6.37. The van der Waals surface area contributed by atoms with Crippen molar-refractivity contribution in [2.45, 2.75) is 38.7 Å². The molecule has 0 aliphatic heterocycles. The molecule has 1 unspecified atom stereocenters.